The van der Waals surface area contributed by atoms with Crippen LogP contribution in [-0.4, -0.2) is 39.1 Å². The van der Waals surface area contributed by atoms with Gasteiger partial charge in [0.15, 0.2) is 0 Å². The Morgan fingerprint density at radius 3 is 2.91 bits per heavy atom. The first-order chi connectivity index (χ1) is 10.6. The summed E-state index contributed by atoms with van der Waals surface area (Å²) in [6.45, 7) is 3.16. The molecule has 1 saturated heterocycles. The Morgan fingerprint density at radius 1 is 1.32 bits per heavy atom. The topological polar surface area (TPSA) is 79.2 Å². The Hall–Kier alpha value is -2.50. The molecule has 3 rings (SSSR count). The van der Waals surface area contributed by atoms with E-state index >= 15 is 0 Å². The summed E-state index contributed by atoms with van der Waals surface area (Å²) in [5.74, 6) is 0.373. The fourth-order valence-electron chi connectivity index (χ4n) is 2.75. The minimum absolute atomic E-state index is 0.331. The number of aliphatic carboxylic acids is 1. The van der Waals surface area contributed by atoms with Crippen molar-refractivity contribution in [2.45, 2.75) is 19.8 Å². The van der Waals surface area contributed by atoms with Gasteiger partial charge >= 0.3 is 5.97 Å². The van der Waals surface area contributed by atoms with Gasteiger partial charge in [-0.2, -0.15) is 0 Å². The van der Waals surface area contributed by atoms with Crippen molar-refractivity contribution in [3.63, 3.8) is 0 Å². The molecule has 0 bridgehead atoms. The van der Waals surface area contributed by atoms with Crippen LogP contribution in [0.3, 0.4) is 0 Å². The van der Waals surface area contributed by atoms with Crippen LogP contribution < -0.4 is 4.90 Å². The lowest BCUT2D eigenvalue weighted by Gasteiger charge is -2.31. The van der Waals surface area contributed by atoms with Gasteiger partial charge < -0.3 is 10.0 Å². The molecule has 0 saturated carbocycles. The molecule has 1 atom stereocenters. The summed E-state index contributed by atoms with van der Waals surface area (Å²) in [6.07, 6.45) is 3.32. The van der Waals surface area contributed by atoms with Gasteiger partial charge in [-0.25, -0.2) is 9.97 Å². The largest absolute Gasteiger partial charge is 0.481 e. The number of aromatic nitrogens is 3. The molecule has 2 aromatic heterocycles. The summed E-state index contributed by atoms with van der Waals surface area (Å²) in [5.41, 5.74) is 1.56. The van der Waals surface area contributed by atoms with Crippen molar-refractivity contribution in [3.8, 4) is 11.4 Å². The lowest BCUT2D eigenvalue weighted by Crippen LogP contribution is -2.39. The molecular formula is C16H18N4O2. The van der Waals surface area contributed by atoms with E-state index in [1.165, 1.54) is 0 Å². The first kappa shape index (κ1) is 14.4. The van der Waals surface area contributed by atoms with Crippen molar-refractivity contribution in [1.82, 2.24) is 15.0 Å². The van der Waals surface area contributed by atoms with Gasteiger partial charge in [-0.1, -0.05) is 6.07 Å². The first-order valence-corrected chi connectivity index (χ1v) is 7.38. The second-order valence-electron chi connectivity index (χ2n) is 5.50. The van der Waals surface area contributed by atoms with E-state index in [1.54, 1.807) is 6.20 Å². The monoisotopic (exact) mass is 298 g/mol. The summed E-state index contributed by atoms with van der Waals surface area (Å²) in [5, 5.41) is 9.22. The average molecular weight is 298 g/mol. The lowest BCUT2D eigenvalue weighted by molar-refractivity contribution is -0.141. The van der Waals surface area contributed by atoms with Crippen molar-refractivity contribution in [2.24, 2.45) is 5.92 Å². The van der Waals surface area contributed by atoms with E-state index in [1.807, 2.05) is 36.1 Å². The third-order valence-electron chi connectivity index (χ3n) is 3.85. The second kappa shape index (κ2) is 6.09. The normalized spacial score (nSPS) is 18.2. The molecule has 22 heavy (non-hydrogen) atoms. The lowest BCUT2D eigenvalue weighted by atomic mass is 9.98. The second-order valence-corrected chi connectivity index (χ2v) is 5.50. The molecule has 1 unspecified atom stereocenters. The van der Waals surface area contributed by atoms with Crippen LogP contribution in [-0.2, 0) is 4.79 Å². The first-order valence-electron chi connectivity index (χ1n) is 7.38. The third-order valence-corrected chi connectivity index (χ3v) is 3.85. The van der Waals surface area contributed by atoms with Crippen LogP contribution in [0.5, 0.6) is 0 Å². The van der Waals surface area contributed by atoms with E-state index in [2.05, 4.69) is 15.0 Å². The van der Waals surface area contributed by atoms with Gasteiger partial charge in [-0.05, 0) is 31.9 Å². The number of nitrogens with zero attached hydrogens (tertiary/aromatic N) is 4. The molecule has 1 aliphatic heterocycles. The van der Waals surface area contributed by atoms with Crippen molar-refractivity contribution < 1.29 is 9.90 Å². The molecule has 0 radical (unpaired) electrons. The number of rotatable bonds is 3. The van der Waals surface area contributed by atoms with E-state index < -0.39 is 5.97 Å². The molecule has 0 aromatic carbocycles. The van der Waals surface area contributed by atoms with Crippen LogP contribution in [0.25, 0.3) is 11.4 Å². The van der Waals surface area contributed by atoms with E-state index in [0.29, 0.717) is 12.4 Å². The SMILES string of the molecule is Cc1nc(-c2ccccn2)cc(N2CCCC(C(=O)O)C2)n1. The molecule has 0 amide bonds. The third kappa shape index (κ3) is 3.05. The van der Waals surface area contributed by atoms with Crippen LogP contribution in [0.15, 0.2) is 30.5 Å². The van der Waals surface area contributed by atoms with Gasteiger partial charge in [0.25, 0.3) is 0 Å². The van der Waals surface area contributed by atoms with Crippen LogP contribution >= 0.6 is 0 Å². The van der Waals surface area contributed by atoms with E-state index in [4.69, 9.17) is 0 Å². The van der Waals surface area contributed by atoms with Gasteiger partial charge in [-0.3, -0.25) is 9.78 Å². The molecule has 1 aliphatic rings. The molecule has 1 N–H and O–H groups in total. The summed E-state index contributed by atoms with van der Waals surface area (Å²) in [4.78, 5) is 26.5. The number of pyridine rings is 1. The zero-order chi connectivity index (χ0) is 15.5. The van der Waals surface area contributed by atoms with Crippen molar-refractivity contribution in [3.05, 3.63) is 36.3 Å². The standard InChI is InChI=1S/C16H18N4O2/c1-11-18-14(13-6-2-3-7-17-13)9-15(19-11)20-8-4-5-12(10-20)16(21)22/h2-3,6-7,9,12H,4-5,8,10H2,1H3,(H,21,22). The predicted molar refractivity (Wildman–Crippen MR) is 82.6 cm³/mol. The Labute approximate surface area is 128 Å². The van der Waals surface area contributed by atoms with Gasteiger partial charge in [0.1, 0.15) is 11.6 Å². The van der Waals surface area contributed by atoms with Gasteiger partial charge in [0, 0.05) is 25.4 Å². The summed E-state index contributed by atoms with van der Waals surface area (Å²) in [7, 11) is 0. The zero-order valence-electron chi connectivity index (χ0n) is 12.4. The van der Waals surface area contributed by atoms with Crippen LogP contribution in [0.2, 0.25) is 0 Å². The smallest absolute Gasteiger partial charge is 0.308 e. The highest BCUT2D eigenvalue weighted by Gasteiger charge is 2.26. The maximum atomic E-state index is 11.2. The van der Waals surface area contributed by atoms with Crippen LogP contribution in [0, 0.1) is 12.8 Å². The van der Waals surface area contributed by atoms with E-state index in [0.717, 1.165) is 36.6 Å². The summed E-state index contributed by atoms with van der Waals surface area (Å²) < 4.78 is 0. The van der Waals surface area contributed by atoms with E-state index in [9.17, 15) is 9.90 Å². The number of carboxylic acids is 1. The molecule has 0 aliphatic carbocycles. The van der Waals surface area contributed by atoms with Crippen molar-refractivity contribution in [2.75, 3.05) is 18.0 Å². The Bertz CT molecular complexity index is 675. The van der Waals surface area contributed by atoms with Crippen molar-refractivity contribution >= 4 is 11.8 Å². The number of anilines is 1. The fraction of sp³-hybridized carbons (Fsp3) is 0.375. The number of aryl methyl sites for hydroxylation is 1. The fourth-order valence-corrected chi connectivity index (χ4v) is 2.75. The molecule has 2 aromatic rings. The van der Waals surface area contributed by atoms with Crippen molar-refractivity contribution in [1.29, 1.82) is 0 Å². The minimum Gasteiger partial charge on any atom is -0.481 e. The molecule has 1 fully saturated rings. The molecule has 114 valence electrons. The van der Waals surface area contributed by atoms with Crippen LogP contribution in [0.4, 0.5) is 5.82 Å². The Kier molecular flexibility index (Phi) is 4.00. The molecule has 6 heteroatoms. The minimum atomic E-state index is -0.736. The highest BCUT2D eigenvalue weighted by atomic mass is 16.4. The summed E-state index contributed by atoms with van der Waals surface area (Å²) >= 11 is 0. The molecule has 0 spiro atoms. The number of hydrogen-bond acceptors (Lipinski definition) is 5. The Morgan fingerprint density at radius 2 is 2.18 bits per heavy atom. The average Bonchev–Trinajstić information content (AvgIpc) is 2.55. The number of carboxylic acid groups (broad SMARTS) is 1. The maximum Gasteiger partial charge on any atom is 0.308 e. The Balaban J connectivity index is 1.91. The number of piperidine rings is 1. The van der Waals surface area contributed by atoms with Gasteiger partial charge in [0.05, 0.1) is 17.3 Å². The molecule has 3 heterocycles. The quantitative estimate of drug-likeness (QED) is 0.935. The van der Waals surface area contributed by atoms with Gasteiger partial charge in [-0.15, -0.1) is 0 Å². The van der Waals surface area contributed by atoms with Gasteiger partial charge in [0.2, 0.25) is 0 Å². The predicted octanol–water partition coefficient (Wildman–Crippen LogP) is 2.15. The number of hydrogen-bond donors (Lipinski definition) is 1. The van der Waals surface area contributed by atoms with Crippen LogP contribution in [0.1, 0.15) is 18.7 Å². The highest BCUT2D eigenvalue weighted by molar-refractivity contribution is 5.71. The molecular weight excluding hydrogens is 280 g/mol. The maximum absolute atomic E-state index is 11.2. The molecule has 6 nitrogen and oxygen atoms in total. The summed E-state index contributed by atoms with van der Waals surface area (Å²) in [6, 6.07) is 7.57. The number of carbonyl (C=O) groups is 1. The highest BCUT2D eigenvalue weighted by Crippen LogP contribution is 2.25. The van der Waals surface area contributed by atoms with E-state index in [-0.39, 0.29) is 5.92 Å². The zero-order valence-corrected chi connectivity index (χ0v) is 12.4.